The number of benzene rings is 1. The fourth-order valence-corrected chi connectivity index (χ4v) is 1.56. The Bertz CT molecular complexity index is 518. The van der Waals surface area contributed by atoms with Crippen molar-refractivity contribution in [3.8, 4) is 0 Å². The lowest BCUT2D eigenvalue weighted by Gasteiger charge is -2.05. The molecule has 0 atom stereocenters. The number of carboxylic acid groups (broad SMARTS) is 1. The zero-order chi connectivity index (χ0) is 14.4. The van der Waals surface area contributed by atoms with E-state index in [1.165, 1.54) is 12.1 Å². The lowest BCUT2D eigenvalue weighted by atomic mass is 10.1. The minimum Gasteiger partial charge on any atom is -0.481 e. The molecule has 2 N–H and O–H groups in total. The minimum atomic E-state index is -0.969. The Morgan fingerprint density at radius 3 is 2.68 bits per heavy atom. The SMILES string of the molecule is O=C(O)CCCNC(=O)c1cc(Cl)ccc1[N+](=O)[O-]. The number of hydrogen-bond acceptors (Lipinski definition) is 4. The maximum absolute atomic E-state index is 11.7. The maximum Gasteiger partial charge on any atom is 0.303 e. The van der Waals surface area contributed by atoms with Gasteiger partial charge in [-0.1, -0.05) is 11.6 Å². The van der Waals surface area contributed by atoms with E-state index in [9.17, 15) is 19.7 Å². The van der Waals surface area contributed by atoms with Crippen molar-refractivity contribution in [3.05, 3.63) is 38.9 Å². The quantitative estimate of drug-likeness (QED) is 0.471. The first-order valence-electron chi connectivity index (χ1n) is 5.35. The van der Waals surface area contributed by atoms with E-state index >= 15 is 0 Å². The van der Waals surface area contributed by atoms with Gasteiger partial charge in [-0.3, -0.25) is 19.7 Å². The van der Waals surface area contributed by atoms with Gasteiger partial charge in [-0.2, -0.15) is 0 Å². The van der Waals surface area contributed by atoms with Crippen molar-refractivity contribution in [2.75, 3.05) is 6.54 Å². The number of nitro groups is 1. The molecule has 1 rings (SSSR count). The van der Waals surface area contributed by atoms with Crippen molar-refractivity contribution >= 4 is 29.2 Å². The van der Waals surface area contributed by atoms with Gasteiger partial charge in [0.05, 0.1) is 4.92 Å². The van der Waals surface area contributed by atoms with E-state index in [-0.39, 0.29) is 35.7 Å². The van der Waals surface area contributed by atoms with E-state index in [0.717, 1.165) is 6.07 Å². The molecule has 0 aromatic heterocycles. The highest BCUT2D eigenvalue weighted by Crippen LogP contribution is 2.22. The monoisotopic (exact) mass is 286 g/mol. The molecule has 0 aliphatic carbocycles. The smallest absolute Gasteiger partial charge is 0.303 e. The summed E-state index contributed by atoms with van der Waals surface area (Å²) in [5.41, 5.74) is -0.493. The van der Waals surface area contributed by atoms with Crippen molar-refractivity contribution in [1.29, 1.82) is 0 Å². The van der Waals surface area contributed by atoms with Crippen molar-refractivity contribution in [2.45, 2.75) is 12.8 Å². The summed E-state index contributed by atoms with van der Waals surface area (Å²) in [6.45, 7) is 0.120. The summed E-state index contributed by atoms with van der Waals surface area (Å²) in [7, 11) is 0. The number of nitro benzene ring substituents is 1. The molecular weight excluding hydrogens is 276 g/mol. The zero-order valence-electron chi connectivity index (χ0n) is 9.76. The molecule has 102 valence electrons. The van der Waals surface area contributed by atoms with Gasteiger partial charge in [0.15, 0.2) is 0 Å². The molecule has 0 bridgehead atoms. The van der Waals surface area contributed by atoms with E-state index in [0.29, 0.717) is 0 Å². The second kappa shape index (κ2) is 6.69. The number of hydrogen-bond donors (Lipinski definition) is 2. The van der Waals surface area contributed by atoms with E-state index < -0.39 is 16.8 Å². The molecule has 0 heterocycles. The second-order valence-corrected chi connectivity index (χ2v) is 4.11. The first-order valence-corrected chi connectivity index (χ1v) is 5.73. The maximum atomic E-state index is 11.7. The highest BCUT2D eigenvalue weighted by atomic mass is 35.5. The summed E-state index contributed by atoms with van der Waals surface area (Å²) in [5.74, 6) is -1.62. The molecule has 0 saturated heterocycles. The lowest BCUT2D eigenvalue weighted by molar-refractivity contribution is -0.385. The van der Waals surface area contributed by atoms with Crippen LogP contribution in [0.5, 0.6) is 0 Å². The molecule has 19 heavy (non-hydrogen) atoms. The van der Waals surface area contributed by atoms with Gasteiger partial charge in [0.25, 0.3) is 11.6 Å². The first kappa shape index (κ1) is 14.9. The number of halogens is 1. The molecule has 0 aliphatic rings. The number of rotatable bonds is 6. The summed E-state index contributed by atoms with van der Waals surface area (Å²) >= 11 is 5.69. The first-order chi connectivity index (χ1) is 8.91. The molecule has 7 nitrogen and oxygen atoms in total. The Morgan fingerprint density at radius 1 is 1.42 bits per heavy atom. The van der Waals surface area contributed by atoms with E-state index in [1.807, 2.05) is 0 Å². The van der Waals surface area contributed by atoms with Crippen LogP contribution in [0.3, 0.4) is 0 Å². The molecule has 8 heteroatoms. The summed E-state index contributed by atoms with van der Waals surface area (Å²) in [6.07, 6.45) is 0.160. The van der Waals surface area contributed by atoms with E-state index in [2.05, 4.69) is 5.32 Å². The Hall–Kier alpha value is -2.15. The van der Waals surface area contributed by atoms with Crippen LogP contribution in [0.2, 0.25) is 5.02 Å². The van der Waals surface area contributed by atoms with Gasteiger partial charge in [-0.15, -0.1) is 0 Å². The molecule has 1 aromatic rings. The Labute approximate surface area is 113 Å². The molecule has 1 amide bonds. The highest BCUT2D eigenvalue weighted by Gasteiger charge is 2.20. The van der Waals surface area contributed by atoms with Gasteiger partial charge >= 0.3 is 5.97 Å². The lowest BCUT2D eigenvalue weighted by Crippen LogP contribution is -2.25. The van der Waals surface area contributed by atoms with Crippen molar-refractivity contribution < 1.29 is 19.6 Å². The van der Waals surface area contributed by atoms with Crippen LogP contribution in [0.25, 0.3) is 0 Å². The molecule has 0 radical (unpaired) electrons. The summed E-state index contributed by atoms with van der Waals surface area (Å²) in [6, 6.07) is 3.67. The van der Waals surface area contributed by atoms with Gasteiger partial charge in [0.2, 0.25) is 0 Å². The van der Waals surface area contributed by atoms with E-state index in [1.54, 1.807) is 0 Å². The Morgan fingerprint density at radius 2 is 2.11 bits per heavy atom. The number of carboxylic acids is 1. The predicted molar refractivity (Wildman–Crippen MR) is 67.3 cm³/mol. The van der Waals surface area contributed by atoms with Crippen LogP contribution < -0.4 is 5.32 Å². The van der Waals surface area contributed by atoms with Crippen LogP contribution in [-0.4, -0.2) is 28.5 Å². The highest BCUT2D eigenvalue weighted by molar-refractivity contribution is 6.31. The Kier molecular flexibility index (Phi) is 5.25. The molecule has 0 unspecified atom stereocenters. The molecule has 1 aromatic carbocycles. The molecular formula is C11H11ClN2O5. The Balaban J connectivity index is 2.73. The normalized spacial score (nSPS) is 9.95. The van der Waals surface area contributed by atoms with Gasteiger partial charge in [0, 0.05) is 24.1 Å². The fourth-order valence-electron chi connectivity index (χ4n) is 1.39. The van der Waals surface area contributed by atoms with Crippen LogP contribution >= 0.6 is 11.6 Å². The third-order valence-electron chi connectivity index (χ3n) is 2.25. The summed E-state index contributed by atoms with van der Waals surface area (Å²) in [4.78, 5) is 32.1. The largest absolute Gasteiger partial charge is 0.481 e. The average Bonchev–Trinajstić information content (AvgIpc) is 2.33. The standard InChI is InChI=1S/C11H11ClN2O5/c12-7-3-4-9(14(18)19)8(6-7)11(17)13-5-1-2-10(15)16/h3-4,6H,1-2,5H2,(H,13,17)(H,15,16). The fraction of sp³-hybridized carbons (Fsp3) is 0.273. The minimum absolute atomic E-state index is 0.0854. The van der Waals surface area contributed by atoms with Gasteiger partial charge in [-0.25, -0.2) is 0 Å². The third kappa shape index (κ3) is 4.55. The van der Waals surface area contributed by atoms with Gasteiger partial charge < -0.3 is 10.4 Å². The topological polar surface area (TPSA) is 110 Å². The number of carbonyl (C=O) groups excluding carboxylic acids is 1. The zero-order valence-corrected chi connectivity index (χ0v) is 10.5. The summed E-state index contributed by atoms with van der Waals surface area (Å²) < 4.78 is 0. The van der Waals surface area contributed by atoms with Crippen molar-refractivity contribution in [3.63, 3.8) is 0 Å². The van der Waals surface area contributed by atoms with Crippen LogP contribution in [0.15, 0.2) is 18.2 Å². The average molecular weight is 287 g/mol. The van der Waals surface area contributed by atoms with Gasteiger partial charge in [-0.05, 0) is 18.6 Å². The number of nitrogens with one attached hydrogen (secondary N) is 1. The molecule has 0 spiro atoms. The summed E-state index contributed by atoms with van der Waals surface area (Å²) in [5, 5.41) is 21.8. The molecule has 0 fully saturated rings. The van der Waals surface area contributed by atoms with Gasteiger partial charge in [0.1, 0.15) is 5.56 Å². The van der Waals surface area contributed by atoms with Crippen molar-refractivity contribution in [1.82, 2.24) is 5.32 Å². The van der Waals surface area contributed by atoms with Crippen LogP contribution in [-0.2, 0) is 4.79 Å². The number of aliphatic carboxylic acids is 1. The van der Waals surface area contributed by atoms with Crippen LogP contribution in [0.1, 0.15) is 23.2 Å². The molecule has 0 aliphatic heterocycles. The van der Waals surface area contributed by atoms with E-state index in [4.69, 9.17) is 16.7 Å². The number of amides is 1. The van der Waals surface area contributed by atoms with Crippen molar-refractivity contribution in [2.24, 2.45) is 0 Å². The third-order valence-corrected chi connectivity index (χ3v) is 2.49. The molecule has 0 saturated carbocycles. The van der Waals surface area contributed by atoms with Crippen LogP contribution in [0, 0.1) is 10.1 Å². The second-order valence-electron chi connectivity index (χ2n) is 3.67. The van der Waals surface area contributed by atoms with Crippen LogP contribution in [0.4, 0.5) is 5.69 Å². The predicted octanol–water partition coefficient (Wildman–Crippen LogP) is 1.84. The number of carbonyl (C=O) groups is 2. The number of nitrogens with zero attached hydrogens (tertiary/aromatic N) is 1.